The zero-order valence-corrected chi connectivity index (χ0v) is 7.09. The first-order valence-corrected chi connectivity index (χ1v) is 3.40. The number of aliphatic hydroxyl groups is 1. The summed E-state index contributed by atoms with van der Waals surface area (Å²) in [5.41, 5.74) is -0.790. The van der Waals surface area contributed by atoms with E-state index in [4.69, 9.17) is 4.74 Å². The van der Waals surface area contributed by atoms with Crippen molar-refractivity contribution in [1.29, 1.82) is 0 Å². The van der Waals surface area contributed by atoms with Crippen LogP contribution in [0.4, 0.5) is 0 Å². The molecule has 0 spiro atoms. The van der Waals surface area contributed by atoms with Crippen LogP contribution in [0.1, 0.15) is 20.8 Å². The lowest BCUT2D eigenvalue weighted by Crippen LogP contribution is -2.35. The highest BCUT2D eigenvalue weighted by atomic mass is 16.5. The number of rotatable bonds is 3. The zero-order chi connectivity index (χ0) is 8.20. The monoisotopic (exact) mass is 144 g/mol. The maximum atomic E-state index is 9.43. The summed E-state index contributed by atoms with van der Waals surface area (Å²) in [5.74, 6) is 0. The van der Waals surface area contributed by atoms with Gasteiger partial charge in [0.2, 0.25) is 0 Å². The summed E-state index contributed by atoms with van der Waals surface area (Å²) >= 11 is 0. The van der Waals surface area contributed by atoms with Gasteiger partial charge in [0.25, 0.3) is 0 Å². The first-order chi connectivity index (χ1) is 4.52. The molecule has 0 bridgehead atoms. The third-order valence-corrected chi connectivity index (χ3v) is 1.32. The topological polar surface area (TPSA) is 29.5 Å². The van der Waals surface area contributed by atoms with Crippen LogP contribution in [0, 0.1) is 0 Å². The summed E-state index contributed by atoms with van der Waals surface area (Å²) in [6.45, 7) is 5.35. The van der Waals surface area contributed by atoms with Crippen LogP contribution in [0.3, 0.4) is 0 Å². The zero-order valence-electron chi connectivity index (χ0n) is 7.09. The van der Waals surface area contributed by atoms with Crippen LogP contribution < -0.4 is 0 Å². The van der Waals surface area contributed by atoms with Gasteiger partial charge in [0.05, 0.1) is 5.60 Å². The van der Waals surface area contributed by atoms with Crippen LogP contribution in [-0.2, 0) is 4.74 Å². The minimum atomic E-state index is -0.790. The molecule has 0 fully saturated rings. The molecule has 0 aromatic heterocycles. The Bertz CT molecular complexity index is 111. The van der Waals surface area contributed by atoms with Crippen molar-refractivity contribution in [2.24, 2.45) is 0 Å². The Morgan fingerprint density at radius 3 is 2.10 bits per heavy atom. The van der Waals surface area contributed by atoms with E-state index in [-0.39, 0.29) is 6.10 Å². The number of allylic oxidation sites excluding steroid dienone is 1. The van der Waals surface area contributed by atoms with Crippen molar-refractivity contribution in [3.63, 3.8) is 0 Å². The lowest BCUT2D eigenvalue weighted by Gasteiger charge is -2.24. The van der Waals surface area contributed by atoms with Gasteiger partial charge < -0.3 is 9.84 Å². The fourth-order valence-electron chi connectivity index (χ4n) is 0.777. The van der Waals surface area contributed by atoms with Crippen molar-refractivity contribution < 1.29 is 9.84 Å². The second kappa shape index (κ2) is 3.74. The van der Waals surface area contributed by atoms with Crippen molar-refractivity contribution >= 4 is 0 Å². The van der Waals surface area contributed by atoms with Crippen LogP contribution in [-0.4, -0.2) is 23.9 Å². The molecule has 0 amide bonds. The van der Waals surface area contributed by atoms with Crippen molar-refractivity contribution in [1.82, 2.24) is 0 Å². The molecule has 0 saturated heterocycles. The molecule has 2 nitrogen and oxygen atoms in total. The van der Waals surface area contributed by atoms with Gasteiger partial charge in [-0.1, -0.05) is 12.2 Å². The minimum absolute atomic E-state index is 0.211. The Kier molecular flexibility index (Phi) is 3.61. The van der Waals surface area contributed by atoms with E-state index in [2.05, 4.69) is 0 Å². The molecular weight excluding hydrogens is 128 g/mol. The summed E-state index contributed by atoms with van der Waals surface area (Å²) in [5, 5.41) is 9.43. The third kappa shape index (κ3) is 2.99. The summed E-state index contributed by atoms with van der Waals surface area (Å²) < 4.78 is 5.02. The molecule has 0 aromatic carbocycles. The smallest absolute Gasteiger partial charge is 0.103 e. The predicted octanol–water partition coefficient (Wildman–Crippen LogP) is 1.35. The van der Waals surface area contributed by atoms with Gasteiger partial charge in [-0.2, -0.15) is 0 Å². The van der Waals surface area contributed by atoms with Gasteiger partial charge in [0.1, 0.15) is 6.10 Å². The van der Waals surface area contributed by atoms with E-state index < -0.39 is 5.60 Å². The van der Waals surface area contributed by atoms with Gasteiger partial charge in [0, 0.05) is 7.11 Å². The highest BCUT2D eigenvalue weighted by Crippen LogP contribution is 2.12. The van der Waals surface area contributed by atoms with E-state index in [1.54, 1.807) is 21.0 Å². The second-order valence-corrected chi connectivity index (χ2v) is 2.84. The lowest BCUT2D eigenvalue weighted by atomic mass is 10.0. The SMILES string of the molecule is C/C=C/C(OC)C(C)(C)O. The average Bonchev–Trinajstić information content (AvgIpc) is 1.80. The van der Waals surface area contributed by atoms with E-state index >= 15 is 0 Å². The van der Waals surface area contributed by atoms with E-state index in [0.29, 0.717) is 0 Å². The quantitative estimate of drug-likeness (QED) is 0.606. The van der Waals surface area contributed by atoms with Gasteiger partial charge >= 0.3 is 0 Å². The standard InChI is InChI=1S/C8H16O2/c1-5-6-7(10-4)8(2,3)9/h5-7,9H,1-4H3/b6-5+. The number of methoxy groups -OCH3 is 1. The van der Waals surface area contributed by atoms with Crippen LogP contribution >= 0.6 is 0 Å². The van der Waals surface area contributed by atoms with Gasteiger partial charge in [0.15, 0.2) is 0 Å². The van der Waals surface area contributed by atoms with Gasteiger partial charge in [-0.05, 0) is 20.8 Å². The van der Waals surface area contributed by atoms with Crippen LogP contribution in [0.5, 0.6) is 0 Å². The van der Waals surface area contributed by atoms with E-state index in [9.17, 15) is 5.11 Å². The Hall–Kier alpha value is -0.340. The molecule has 0 aliphatic carbocycles. The van der Waals surface area contributed by atoms with Crippen molar-refractivity contribution in [2.75, 3.05) is 7.11 Å². The Morgan fingerprint density at radius 1 is 1.50 bits per heavy atom. The number of hydrogen-bond acceptors (Lipinski definition) is 2. The predicted molar refractivity (Wildman–Crippen MR) is 41.9 cm³/mol. The molecule has 0 heterocycles. The molecule has 60 valence electrons. The summed E-state index contributed by atoms with van der Waals surface area (Å²) in [4.78, 5) is 0. The molecule has 0 radical (unpaired) electrons. The summed E-state index contributed by atoms with van der Waals surface area (Å²) in [7, 11) is 1.59. The van der Waals surface area contributed by atoms with Crippen molar-refractivity contribution in [3.05, 3.63) is 12.2 Å². The number of hydrogen-bond donors (Lipinski definition) is 1. The molecule has 2 heteroatoms. The first-order valence-electron chi connectivity index (χ1n) is 3.40. The second-order valence-electron chi connectivity index (χ2n) is 2.84. The molecule has 1 N–H and O–H groups in total. The summed E-state index contributed by atoms with van der Waals surface area (Å²) in [6.07, 6.45) is 3.49. The third-order valence-electron chi connectivity index (χ3n) is 1.32. The largest absolute Gasteiger partial charge is 0.387 e. The fourth-order valence-corrected chi connectivity index (χ4v) is 0.777. The Labute approximate surface area is 62.5 Å². The van der Waals surface area contributed by atoms with E-state index in [1.165, 1.54) is 0 Å². The van der Waals surface area contributed by atoms with Crippen molar-refractivity contribution in [3.8, 4) is 0 Å². The molecular formula is C8H16O2. The Morgan fingerprint density at radius 2 is 2.00 bits per heavy atom. The molecule has 0 aromatic rings. The highest BCUT2D eigenvalue weighted by molar-refractivity contribution is 4.95. The fraction of sp³-hybridized carbons (Fsp3) is 0.750. The molecule has 1 atom stereocenters. The van der Waals surface area contributed by atoms with Crippen molar-refractivity contribution in [2.45, 2.75) is 32.5 Å². The van der Waals surface area contributed by atoms with Gasteiger partial charge in [-0.15, -0.1) is 0 Å². The normalized spacial score (nSPS) is 16.1. The first kappa shape index (κ1) is 9.66. The van der Waals surface area contributed by atoms with Gasteiger partial charge in [-0.25, -0.2) is 0 Å². The maximum Gasteiger partial charge on any atom is 0.103 e. The van der Waals surface area contributed by atoms with Crippen LogP contribution in [0.15, 0.2) is 12.2 Å². The van der Waals surface area contributed by atoms with Crippen LogP contribution in [0.2, 0.25) is 0 Å². The molecule has 0 aliphatic rings. The molecule has 10 heavy (non-hydrogen) atoms. The molecule has 0 aliphatic heterocycles. The lowest BCUT2D eigenvalue weighted by molar-refractivity contribution is -0.0444. The molecule has 1 unspecified atom stereocenters. The average molecular weight is 144 g/mol. The molecule has 0 saturated carbocycles. The number of ether oxygens (including phenoxy) is 1. The summed E-state index contributed by atoms with van der Waals surface area (Å²) in [6, 6.07) is 0. The molecule has 0 rings (SSSR count). The highest BCUT2D eigenvalue weighted by Gasteiger charge is 2.23. The van der Waals surface area contributed by atoms with E-state index in [1.807, 2.05) is 19.1 Å². The minimum Gasteiger partial charge on any atom is -0.387 e. The Balaban J connectivity index is 4.07. The van der Waals surface area contributed by atoms with Crippen LogP contribution in [0.25, 0.3) is 0 Å². The maximum absolute atomic E-state index is 9.43. The van der Waals surface area contributed by atoms with E-state index in [0.717, 1.165) is 0 Å². The van der Waals surface area contributed by atoms with Gasteiger partial charge in [-0.3, -0.25) is 0 Å².